The number of imide groups is 2. The van der Waals surface area contributed by atoms with Crippen molar-refractivity contribution in [1.82, 2.24) is 10.6 Å². The first kappa shape index (κ1) is 9.70. The molecule has 1 heterocycles. The van der Waals surface area contributed by atoms with E-state index < -0.39 is 23.3 Å². The summed E-state index contributed by atoms with van der Waals surface area (Å²) in [6.07, 6.45) is 0.795. The number of nitrogens with one attached hydrogen (secondary N) is 2. The first-order chi connectivity index (χ1) is 6.06. The molecule has 4 amide bonds. The van der Waals surface area contributed by atoms with Crippen molar-refractivity contribution >= 4 is 17.8 Å². The predicted octanol–water partition coefficient (Wildman–Crippen LogP) is 0.159. The summed E-state index contributed by atoms with van der Waals surface area (Å²) in [4.78, 5) is 33.6. The normalized spacial score (nSPS) is 20.9. The van der Waals surface area contributed by atoms with Crippen LogP contribution in [-0.2, 0) is 9.59 Å². The second-order valence-corrected chi connectivity index (χ2v) is 3.03. The monoisotopic (exact) mass is 183 g/mol. The summed E-state index contributed by atoms with van der Waals surface area (Å²) in [5.74, 6) is -0.988. The van der Waals surface area contributed by atoms with Crippen molar-refractivity contribution in [3.8, 4) is 0 Å². The standard InChI is InChI=1S/C8H12N2O3/c1-3-8(4-2)5(11)9-7(13)10-6(8)12/h3-4H2,1-2H3,(H2,9,10,11,12,13)/i7-1. The molecule has 0 spiro atoms. The van der Waals surface area contributed by atoms with E-state index in [0.29, 0.717) is 12.8 Å². The number of hydrogen-bond donors (Lipinski definition) is 2. The van der Waals surface area contributed by atoms with Crippen LogP contribution >= 0.6 is 0 Å². The topological polar surface area (TPSA) is 75.3 Å². The number of barbiturate groups is 1. The molecule has 13 heavy (non-hydrogen) atoms. The summed E-state index contributed by atoms with van der Waals surface area (Å²) < 4.78 is 0. The first-order valence-corrected chi connectivity index (χ1v) is 4.23. The number of amides is 4. The molecular weight excluding hydrogens is 171 g/mol. The fourth-order valence-corrected chi connectivity index (χ4v) is 1.47. The lowest BCUT2D eigenvalue weighted by molar-refractivity contribution is -0.144. The molecule has 0 bridgehead atoms. The molecule has 5 heteroatoms. The highest BCUT2D eigenvalue weighted by molar-refractivity contribution is 6.19. The van der Waals surface area contributed by atoms with Crippen molar-refractivity contribution in [3.05, 3.63) is 0 Å². The summed E-state index contributed by atoms with van der Waals surface area (Å²) in [5.41, 5.74) is -1.06. The van der Waals surface area contributed by atoms with Crippen LogP contribution in [0.1, 0.15) is 26.7 Å². The van der Waals surface area contributed by atoms with Gasteiger partial charge in [0.2, 0.25) is 11.8 Å². The Hall–Kier alpha value is -1.39. The van der Waals surface area contributed by atoms with Gasteiger partial charge < -0.3 is 0 Å². The Balaban J connectivity index is 3.01. The Labute approximate surface area is 75.9 Å². The third-order valence-corrected chi connectivity index (χ3v) is 2.53. The van der Waals surface area contributed by atoms with E-state index in [4.69, 9.17) is 0 Å². The minimum atomic E-state index is -1.06. The van der Waals surface area contributed by atoms with Gasteiger partial charge in [0, 0.05) is 0 Å². The minimum Gasteiger partial charge on any atom is -0.277 e. The summed E-state index contributed by atoms with van der Waals surface area (Å²) in [6.45, 7) is 3.50. The molecule has 1 aliphatic heterocycles. The second-order valence-electron chi connectivity index (χ2n) is 3.03. The molecule has 2 N–H and O–H groups in total. The van der Waals surface area contributed by atoms with Crippen molar-refractivity contribution in [3.63, 3.8) is 0 Å². The number of carbonyl (C=O) groups is 3. The highest BCUT2D eigenvalue weighted by Crippen LogP contribution is 2.28. The molecule has 1 rings (SSSR count). The van der Waals surface area contributed by atoms with Gasteiger partial charge in [-0.3, -0.25) is 20.2 Å². The Morgan fingerprint density at radius 2 is 1.38 bits per heavy atom. The number of carbonyl (C=O) groups excluding carboxylic acids is 3. The molecule has 0 radical (unpaired) electrons. The van der Waals surface area contributed by atoms with Crippen molar-refractivity contribution < 1.29 is 14.4 Å². The van der Waals surface area contributed by atoms with Crippen LogP contribution in [-0.4, -0.2) is 17.8 Å². The fourth-order valence-electron chi connectivity index (χ4n) is 1.47. The largest absolute Gasteiger partial charge is 0.328 e. The molecule has 1 fully saturated rings. The lowest BCUT2D eigenvalue weighted by Crippen LogP contribution is -2.61. The molecule has 0 aromatic rings. The number of rotatable bonds is 2. The second kappa shape index (κ2) is 3.16. The van der Waals surface area contributed by atoms with E-state index >= 15 is 0 Å². The quantitative estimate of drug-likeness (QED) is 0.599. The Kier molecular flexibility index (Phi) is 2.36. The molecule has 0 aliphatic carbocycles. The molecule has 0 aromatic heterocycles. The molecule has 0 atom stereocenters. The van der Waals surface area contributed by atoms with Crippen LogP contribution in [0.15, 0.2) is 0 Å². The highest BCUT2D eigenvalue weighted by atomic mass is 16.2. The van der Waals surface area contributed by atoms with Crippen molar-refractivity contribution in [2.45, 2.75) is 26.7 Å². The van der Waals surface area contributed by atoms with Gasteiger partial charge in [-0.25, -0.2) is 4.79 Å². The predicted molar refractivity (Wildman–Crippen MR) is 44.7 cm³/mol. The number of hydrogen-bond acceptors (Lipinski definition) is 3. The average Bonchev–Trinajstić information content (AvgIpc) is 2.05. The van der Waals surface area contributed by atoms with Gasteiger partial charge >= 0.3 is 6.03 Å². The molecule has 1 aliphatic rings. The molecule has 5 nitrogen and oxygen atoms in total. The zero-order chi connectivity index (χ0) is 10.1. The average molecular weight is 183 g/mol. The smallest absolute Gasteiger partial charge is 0.277 e. The van der Waals surface area contributed by atoms with E-state index in [2.05, 4.69) is 10.6 Å². The maximum absolute atomic E-state index is 11.4. The molecule has 0 aromatic carbocycles. The van der Waals surface area contributed by atoms with Crippen LogP contribution in [0.4, 0.5) is 4.79 Å². The van der Waals surface area contributed by atoms with E-state index in [1.165, 1.54) is 0 Å². The number of urea groups is 1. The maximum Gasteiger partial charge on any atom is 0.328 e. The van der Waals surface area contributed by atoms with Crippen LogP contribution < -0.4 is 10.6 Å². The van der Waals surface area contributed by atoms with Crippen molar-refractivity contribution in [1.29, 1.82) is 0 Å². The SMILES string of the molecule is CCC1(CC)C(=O)N[11C](=O)NC1=O. The maximum atomic E-state index is 11.4. The van der Waals surface area contributed by atoms with Gasteiger partial charge in [-0.15, -0.1) is 0 Å². The molecule has 72 valence electrons. The van der Waals surface area contributed by atoms with Crippen LogP contribution in [0.2, 0.25) is 0 Å². The highest BCUT2D eigenvalue weighted by Gasteiger charge is 2.47. The van der Waals surface area contributed by atoms with Gasteiger partial charge in [-0.05, 0) is 12.8 Å². The van der Waals surface area contributed by atoms with Crippen LogP contribution in [0, 0.1) is 5.41 Å². The zero-order valence-corrected chi connectivity index (χ0v) is 7.64. The van der Waals surface area contributed by atoms with E-state index in [0.717, 1.165) is 0 Å². The van der Waals surface area contributed by atoms with Crippen LogP contribution in [0.25, 0.3) is 0 Å². The van der Waals surface area contributed by atoms with E-state index in [1.807, 2.05) is 0 Å². The van der Waals surface area contributed by atoms with E-state index in [-0.39, 0.29) is 0 Å². The summed E-state index contributed by atoms with van der Waals surface area (Å²) in [6, 6.07) is -0.729. The van der Waals surface area contributed by atoms with Gasteiger partial charge in [-0.2, -0.15) is 0 Å². The minimum absolute atomic E-state index is 0.397. The fraction of sp³-hybridized carbons (Fsp3) is 0.625. The molecule has 1 saturated heterocycles. The van der Waals surface area contributed by atoms with Gasteiger partial charge in [0.1, 0.15) is 5.41 Å². The van der Waals surface area contributed by atoms with Gasteiger partial charge in [-0.1, -0.05) is 13.8 Å². The van der Waals surface area contributed by atoms with Crippen molar-refractivity contribution in [2.75, 3.05) is 0 Å². The van der Waals surface area contributed by atoms with Crippen molar-refractivity contribution in [2.24, 2.45) is 5.41 Å². The summed E-state index contributed by atoms with van der Waals surface area (Å²) in [5, 5.41) is 4.19. The molecule has 0 unspecified atom stereocenters. The van der Waals surface area contributed by atoms with Gasteiger partial charge in [0.15, 0.2) is 0 Å². The third-order valence-electron chi connectivity index (χ3n) is 2.53. The Bertz CT molecular complexity index is 247. The summed E-state index contributed by atoms with van der Waals surface area (Å²) in [7, 11) is 0. The van der Waals surface area contributed by atoms with Crippen LogP contribution in [0.5, 0.6) is 0 Å². The van der Waals surface area contributed by atoms with Gasteiger partial charge in [0.25, 0.3) is 0 Å². The van der Waals surface area contributed by atoms with E-state index in [9.17, 15) is 14.4 Å². The lowest BCUT2D eigenvalue weighted by Gasteiger charge is -2.31. The molecular formula is C8H12N2O3. The lowest BCUT2D eigenvalue weighted by atomic mass is 9.77. The third kappa shape index (κ3) is 1.30. The summed E-state index contributed by atoms with van der Waals surface area (Å²) >= 11 is 0. The van der Waals surface area contributed by atoms with Crippen LogP contribution in [0.3, 0.4) is 0 Å². The Morgan fingerprint density at radius 3 is 1.69 bits per heavy atom. The Morgan fingerprint density at radius 1 is 1.00 bits per heavy atom. The van der Waals surface area contributed by atoms with E-state index in [1.54, 1.807) is 13.8 Å². The van der Waals surface area contributed by atoms with Gasteiger partial charge in [0.05, 0.1) is 0 Å². The first-order valence-electron chi connectivity index (χ1n) is 4.23. The molecule has 0 saturated carbocycles. The zero-order valence-electron chi connectivity index (χ0n) is 7.64.